The van der Waals surface area contributed by atoms with Crippen molar-refractivity contribution >= 4 is 23.8 Å². The van der Waals surface area contributed by atoms with E-state index < -0.39 is 6.09 Å². The molecule has 7 heteroatoms. The van der Waals surface area contributed by atoms with Crippen LogP contribution in [0.25, 0.3) is 6.08 Å². The number of methoxy groups -OCH3 is 1. The van der Waals surface area contributed by atoms with Gasteiger partial charge in [0.1, 0.15) is 5.75 Å². The number of carbonyl (C=O) groups is 1. The van der Waals surface area contributed by atoms with E-state index in [2.05, 4.69) is 15.2 Å². The summed E-state index contributed by atoms with van der Waals surface area (Å²) in [5.74, 6) is 1.52. The number of amides is 1. The number of alkyl carbamates (subject to hydrolysis) is 1. The number of carbonyl (C=O) groups excluding carboxylic acids is 1. The first kappa shape index (κ1) is 19.3. The van der Waals surface area contributed by atoms with Crippen LogP contribution in [0.3, 0.4) is 0 Å². The molecule has 1 amide bonds. The van der Waals surface area contributed by atoms with E-state index in [1.807, 2.05) is 48.2 Å². The molecule has 1 fully saturated rings. The second kappa shape index (κ2) is 8.95. The third kappa shape index (κ3) is 6.03. The standard InChI is InChI=1S/C20H24ClN3O3/c1-14(23-20(25)26-2)3-4-16-10-22-24(11-16)12-17-7-8-18(9-19(17)21)27-13-15-5-6-15/h3-4,7-11,14-15H,5-6,12-13H2,1-2H3,(H,23,25)/b4-3+/t14-/m0/s1. The minimum atomic E-state index is -0.456. The Hall–Kier alpha value is -2.47. The van der Waals surface area contributed by atoms with E-state index in [1.165, 1.54) is 20.0 Å². The maximum absolute atomic E-state index is 11.2. The fourth-order valence-electron chi connectivity index (χ4n) is 2.52. The van der Waals surface area contributed by atoms with E-state index in [1.54, 1.807) is 6.20 Å². The fraction of sp³-hybridized carbons (Fsp3) is 0.400. The number of rotatable bonds is 8. The normalized spacial score (nSPS) is 14.9. The van der Waals surface area contributed by atoms with Crippen LogP contribution in [0.5, 0.6) is 5.75 Å². The molecule has 1 aromatic heterocycles. The molecule has 0 spiro atoms. The Morgan fingerprint density at radius 1 is 1.48 bits per heavy atom. The number of ether oxygens (including phenoxy) is 2. The zero-order valence-corrected chi connectivity index (χ0v) is 16.3. The van der Waals surface area contributed by atoms with Crippen molar-refractivity contribution in [2.45, 2.75) is 32.4 Å². The molecule has 2 aromatic rings. The lowest BCUT2D eigenvalue weighted by Crippen LogP contribution is -2.30. The molecule has 1 atom stereocenters. The highest BCUT2D eigenvalue weighted by molar-refractivity contribution is 6.31. The van der Waals surface area contributed by atoms with Crippen molar-refractivity contribution in [3.8, 4) is 5.75 Å². The van der Waals surface area contributed by atoms with Gasteiger partial charge in [0, 0.05) is 22.8 Å². The average Bonchev–Trinajstić information content (AvgIpc) is 3.38. The van der Waals surface area contributed by atoms with E-state index in [9.17, 15) is 4.79 Å². The monoisotopic (exact) mass is 389 g/mol. The molecule has 0 aliphatic heterocycles. The molecule has 0 bridgehead atoms. The predicted molar refractivity (Wildman–Crippen MR) is 105 cm³/mol. The topological polar surface area (TPSA) is 65.4 Å². The Kier molecular flexibility index (Phi) is 6.40. The second-order valence-corrected chi connectivity index (χ2v) is 7.17. The van der Waals surface area contributed by atoms with Gasteiger partial charge in [0.2, 0.25) is 0 Å². The molecule has 1 heterocycles. The van der Waals surface area contributed by atoms with Gasteiger partial charge in [-0.25, -0.2) is 4.79 Å². The SMILES string of the molecule is COC(=O)N[C@@H](C)/C=C/c1cnn(Cc2ccc(OCC3CC3)cc2Cl)c1. The molecule has 1 saturated carbocycles. The first-order valence-corrected chi connectivity index (χ1v) is 9.37. The molecule has 27 heavy (non-hydrogen) atoms. The lowest BCUT2D eigenvalue weighted by atomic mass is 10.2. The Bertz CT molecular complexity index is 815. The summed E-state index contributed by atoms with van der Waals surface area (Å²) in [5.41, 5.74) is 1.92. The predicted octanol–water partition coefficient (Wildman–Crippen LogP) is 4.13. The maximum atomic E-state index is 11.2. The number of hydrogen-bond acceptors (Lipinski definition) is 4. The van der Waals surface area contributed by atoms with Gasteiger partial charge in [-0.3, -0.25) is 4.68 Å². The number of nitrogens with one attached hydrogen (secondary N) is 1. The van der Waals surface area contributed by atoms with Crippen LogP contribution < -0.4 is 10.1 Å². The van der Waals surface area contributed by atoms with Crippen molar-refractivity contribution in [2.24, 2.45) is 5.92 Å². The minimum absolute atomic E-state index is 0.140. The summed E-state index contributed by atoms with van der Waals surface area (Å²) in [6, 6.07) is 5.65. The van der Waals surface area contributed by atoms with E-state index >= 15 is 0 Å². The van der Waals surface area contributed by atoms with E-state index in [0.717, 1.165) is 23.5 Å². The fourth-order valence-corrected chi connectivity index (χ4v) is 2.75. The summed E-state index contributed by atoms with van der Waals surface area (Å²) >= 11 is 6.39. The third-order valence-electron chi connectivity index (χ3n) is 4.30. The second-order valence-electron chi connectivity index (χ2n) is 6.76. The Morgan fingerprint density at radius 2 is 2.30 bits per heavy atom. The van der Waals surface area contributed by atoms with Gasteiger partial charge in [0.25, 0.3) is 0 Å². The summed E-state index contributed by atoms with van der Waals surface area (Å²) in [6.45, 7) is 3.21. The molecular weight excluding hydrogens is 366 g/mol. The largest absolute Gasteiger partial charge is 0.493 e. The number of benzene rings is 1. The minimum Gasteiger partial charge on any atom is -0.493 e. The molecule has 6 nitrogen and oxygen atoms in total. The van der Waals surface area contributed by atoms with Gasteiger partial charge < -0.3 is 14.8 Å². The summed E-state index contributed by atoms with van der Waals surface area (Å²) < 4.78 is 12.1. The lowest BCUT2D eigenvalue weighted by Gasteiger charge is -2.09. The zero-order chi connectivity index (χ0) is 19.2. The van der Waals surface area contributed by atoms with Crippen LogP contribution in [0.1, 0.15) is 30.9 Å². The summed E-state index contributed by atoms with van der Waals surface area (Å²) in [7, 11) is 1.34. The van der Waals surface area contributed by atoms with Crippen LogP contribution in [0.2, 0.25) is 5.02 Å². The average molecular weight is 390 g/mol. The smallest absolute Gasteiger partial charge is 0.407 e. The van der Waals surface area contributed by atoms with Crippen molar-refractivity contribution in [1.82, 2.24) is 15.1 Å². The summed E-state index contributed by atoms with van der Waals surface area (Å²) in [6.07, 6.45) is 9.54. The lowest BCUT2D eigenvalue weighted by molar-refractivity contribution is 0.169. The molecule has 0 unspecified atom stereocenters. The van der Waals surface area contributed by atoms with Crippen molar-refractivity contribution in [2.75, 3.05) is 13.7 Å². The zero-order valence-electron chi connectivity index (χ0n) is 15.5. The van der Waals surface area contributed by atoms with Crippen molar-refractivity contribution in [3.05, 3.63) is 52.8 Å². The molecular formula is C20H24ClN3O3. The highest BCUT2D eigenvalue weighted by Crippen LogP contribution is 2.30. The van der Waals surface area contributed by atoms with Crippen LogP contribution in [-0.2, 0) is 11.3 Å². The number of hydrogen-bond donors (Lipinski definition) is 1. The maximum Gasteiger partial charge on any atom is 0.407 e. The molecule has 1 N–H and O–H groups in total. The number of halogens is 1. The number of nitrogens with zero attached hydrogens (tertiary/aromatic N) is 2. The van der Waals surface area contributed by atoms with Crippen molar-refractivity contribution in [3.63, 3.8) is 0 Å². The first-order valence-electron chi connectivity index (χ1n) is 9.00. The third-order valence-corrected chi connectivity index (χ3v) is 4.65. The van der Waals surface area contributed by atoms with Gasteiger partial charge in [-0.05, 0) is 43.4 Å². The van der Waals surface area contributed by atoms with Gasteiger partial charge >= 0.3 is 6.09 Å². The highest BCUT2D eigenvalue weighted by atomic mass is 35.5. The Morgan fingerprint density at radius 3 is 3.00 bits per heavy atom. The molecule has 0 radical (unpaired) electrons. The van der Waals surface area contributed by atoms with Crippen LogP contribution in [0.15, 0.2) is 36.7 Å². The summed E-state index contributed by atoms with van der Waals surface area (Å²) in [5, 5.41) is 7.71. The van der Waals surface area contributed by atoms with Gasteiger partial charge in [-0.2, -0.15) is 5.10 Å². The first-order chi connectivity index (χ1) is 13.0. The van der Waals surface area contributed by atoms with Crippen LogP contribution in [0.4, 0.5) is 4.79 Å². The Balaban J connectivity index is 1.55. The van der Waals surface area contributed by atoms with Crippen LogP contribution >= 0.6 is 11.6 Å². The molecule has 3 rings (SSSR count). The number of aromatic nitrogens is 2. The van der Waals surface area contributed by atoms with E-state index in [4.69, 9.17) is 16.3 Å². The van der Waals surface area contributed by atoms with Crippen LogP contribution in [-0.4, -0.2) is 35.6 Å². The molecule has 144 valence electrons. The highest BCUT2D eigenvalue weighted by Gasteiger charge is 2.22. The molecule has 0 saturated heterocycles. The molecule has 1 aromatic carbocycles. The van der Waals surface area contributed by atoms with Gasteiger partial charge in [-0.15, -0.1) is 0 Å². The summed E-state index contributed by atoms with van der Waals surface area (Å²) in [4.78, 5) is 11.2. The van der Waals surface area contributed by atoms with Gasteiger partial charge in [0.05, 0.1) is 26.5 Å². The van der Waals surface area contributed by atoms with E-state index in [0.29, 0.717) is 17.5 Å². The van der Waals surface area contributed by atoms with Crippen molar-refractivity contribution in [1.29, 1.82) is 0 Å². The molecule has 1 aliphatic carbocycles. The van der Waals surface area contributed by atoms with E-state index in [-0.39, 0.29) is 6.04 Å². The van der Waals surface area contributed by atoms with Crippen molar-refractivity contribution < 1.29 is 14.3 Å². The quantitative estimate of drug-likeness (QED) is 0.737. The van der Waals surface area contributed by atoms with Crippen LogP contribution in [0, 0.1) is 5.92 Å². The molecule has 1 aliphatic rings. The van der Waals surface area contributed by atoms with Gasteiger partial charge in [-0.1, -0.05) is 29.8 Å². The Labute approximate surface area is 164 Å². The van der Waals surface area contributed by atoms with Gasteiger partial charge in [0.15, 0.2) is 0 Å².